The van der Waals surface area contributed by atoms with Crippen LogP contribution >= 0.6 is 11.2 Å². The Labute approximate surface area is 60.4 Å². The van der Waals surface area contributed by atoms with E-state index >= 15 is 0 Å². The Bertz CT molecular complexity index is 112. The van der Waals surface area contributed by atoms with E-state index in [1.54, 1.807) is 0 Å². The highest BCUT2D eigenvalue weighted by Crippen LogP contribution is 2.44. The molecule has 0 saturated carbocycles. The van der Waals surface area contributed by atoms with Gasteiger partial charge in [0.25, 0.3) is 0 Å². The van der Waals surface area contributed by atoms with Gasteiger partial charge in [0.2, 0.25) is 0 Å². The predicted octanol–water partition coefficient (Wildman–Crippen LogP) is 0.869. The molecular formula is C4H10FNO3S. The van der Waals surface area contributed by atoms with Gasteiger partial charge in [-0.25, -0.2) is 0 Å². The number of ether oxygens (including phenoxy) is 1. The summed E-state index contributed by atoms with van der Waals surface area (Å²) in [5, 5.41) is 0. The lowest BCUT2D eigenvalue weighted by Crippen LogP contribution is -2.36. The summed E-state index contributed by atoms with van der Waals surface area (Å²) < 4.78 is 35.2. The molecule has 1 fully saturated rings. The molecule has 0 aliphatic carbocycles. The van der Waals surface area contributed by atoms with Gasteiger partial charge < -0.3 is 4.74 Å². The number of halogens is 1. The van der Waals surface area contributed by atoms with Gasteiger partial charge in [0.1, 0.15) is 0 Å². The van der Waals surface area contributed by atoms with Crippen LogP contribution in [0.2, 0.25) is 0 Å². The van der Waals surface area contributed by atoms with Crippen molar-refractivity contribution in [3.05, 3.63) is 0 Å². The molecule has 0 aromatic rings. The predicted molar refractivity (Wildman–Crippen MR) is 36.3 cm³/mol. The third kappa shape index (κ3) is 2.06. The molecule has 1 aliphatic rings. The van der Waals surface area contributed by atoms with Crippen LogP contribution in [0, 0.1) is 0 Å². The lowest BCUT2D eigenvalue weighted by Gasteiger charge is -2.36. The first-order chi connectivity index (χ1) is 4.61. The quantitative estimate of drug-likeness (QED) is 0.614. The minimum Gasteiger partial charge on any atom is -0.379 e. The second kappa shape index (κ2) is 3.02. The van der Waals surface area contributed by atoms with Crippen molar-refractivity contribution < 1.29 is 17.7 Å². The molecular weight excluding hydrogens is 161 g/mol. The van der Waals surface area contributed by atoms with Crippen LogP contribution in [-0.2, 0) is 4.74 Å². The number of hydrogen-bond donors (Lipinski definition) is 2. The van der Waals surface area contributed by atoms with E-state index in [0.717, 1.165) is 4.31 Å². The molecule has 1 aliphatic heterocycles. The lowest BCUT2D eigenvalue weighted by molar-refractivity contribution is 0.0654. The van der Waals surface area contributed by atoms with Gasteiger partial charge in [0.05, 0.1) is 13.2 Å². The number of hydrogen-bond acceptors (Lipinski definition) is 4. The standard InChI is InChI=1S/C4H10FNO3S/c5-10(7,8)6-1-3-9-4-2-6/h7-8H,1-4H2. The molecule has 0 atom stereocenters. The first kappa shape index (κ1) is 8.22. The molecule has 0 unspecified atom stereocenters. The van der Waals surface area contributed by atoms with Crippen LogP contribution in [0.15, 0.2) is 0 Å². The minimum atomic E-state index is -3.97. The first-order valence-electron chi connectivity index (χ1n) is 2.91. The van der Waals surface area contributed by atoms with E-state index in [0.29, 0.717) is 13.2 Å². The van der Waals surface area contributed by atoms with Crippen LogP contribution in [0.3, 0.4) is 0 Å². The molecule has 0 bridgehead atoms. The fourth-order valence-electron chi connectivity index (χ4n) is 0.779. The molecule has 10 heavy (non-hydrogen) atoms. The Balaban J connectivity index is 2.39. The lowest BCUT2D eigenvalue weighted by atomic mass is 10.5. The smallest absolute Gasteiger partial charge is 0.0611 e. The highest BCUT2D eigenvalue weighted by atomic mass is 32.3. The van der Waals surface area contributed by atoms with E-state index < -0.39 is 11.2 Å². The molecule has 0 aromatic carbocycles. The highest BCUT2D eigenvalue weighted by molar-refractivity contribution is 8.17. The SMILES string of the molecule is OS(O)(F)N1CCOCC1. The Morgan fingerprint density at radius 1 is 1.30 bits per heavy atom. The summed E-state index contributed by atoms with van der Waals surface area (Å²) in [6.45, 7) is 1.22. The number of nitrogens with zero attached hydrogens (tertiary/aromatic N) is 1. The molecule has 1 rings (SSSR count). The van der Waals surface area contributed by atoms with Gasteiger partial charge in [-0.1, -0.05) is 3.89 Å². The van der Waals surface area contributed by atoms with E-state index in [1.807, 2.05) is 0 Å². The van der Waals surface area contributed by atoms with Gasteiger partial charge in [-0.05, 0) is 0 Å². The van der Waals surface area contributed by atoms with E-state index in [1.165, 1.54) is 0 Å². The van der Waals surface area contributed by atoms with Crippen molar-refractivity contribution in [2.75, 3.05) is 26.3 Å². The number of morpholine rings is 1. The molecule has 62 valence electrons. The molecule has 1 saturated heterocycles. The molecule has 0 radical (unpaired) electrons. The van der Waals surface area contributed by atoms with E-state index in [2.05, 4.69) is 0 Å². The minimum absolute atomic E-state index is 0.249. The van der Waals surface area contributed by atoms with Crippen molar-refractivity contribution in [3.63, 3.8) is 0 Å². The Kier molecular flexibility index (Phi) is 2.48. The summed E-state index contributed by atoms with van der Waals surface area (Å²) in [4.78, 5) is 0. The van der Waals surface area contributed by atoms with Gasteiger partial charge >= 0.3 is 0 Å². The van der Waals surface area contributed by atoms with Crippen LogP contribution in [0.4, 0.5) is 3.89 Å². The summed E-state index contributed by atoms with van der Waals surface area (Å²) in [6, 6.07) is 0. The summed E-state index contributed by atoms with van der Waals surface area (Å²) in [5.41, 5.74) is 0. The fourth-order valence-corrected chi connectivity index (χ4v) is 1.39. The van der Waals surface area contributed by atoms with Crippen LogP contribution in [0.25, 0.3) is 0 Å². The highest BCUT2D eigenvalue weighted by Gasteiger charge is 2.23. The zero-order valence-corrected chi connectivity index (χ0v) is 6.18. The zero-order valence-electron chi connectivity index (χ0n) is 5.36. The average Bonchev–Trinajstić information content (AvgIpc) is 1.88. The zero-order chi connectivity index (χ0) is 7.61. The molecule has 1 heterocycles. The maximum atomic E-state index is 12.3. The van der Waals surface area contributed by atoms with Crippen LogP contribution in [0.5, 0.6) is 0 Å². The number of rotatable bonds is 1. The first-order valence-corrected chi connectivity index (χ1v) is 4.32. The molecule has 0 aromatic heterocycles. The van der Waals surface area contributed by atoms with Crippen molar-refractivity contribution >= 4 is 11.2 Å². The Morgan fingerprint density at radius 2 is 1.80 bits per heavy atom. The van der Waals surface area contributed by atoms with Crippen molar-refractivity contribution in [2.45, 2.75) is 0 Å². The van der Waals surface area contributed by atoms with Crippen molar-refractivity contribution in [2.24, 2.45) is 0 Å². The maximum Gasteiger partial charge on any atom is 0.0611 e. The van der Waals surface area contributed by atoms with Crippen LogP contribution < -0.4 is 0 Å². The van der Waals surface area contributed by atoms with Crippen molar-refractivity contribution in [1.29, 1.82) is 0 Å². The second-order valence-corrected chi connectivity index (χ2v) is 3.41. The summed E-state index contributed by atoms with van der Waals surface area (Å²) in [7, 11) is 0. The summed E-state index contributed by atoms with van der Waals surface area (Å²) in [5.74, 6) is 0. The van der Waals surface area contributed by atoms with Gasteiger partial charge in [0.15, 0.2) is 0 Å². The molecule has 4 nitrogen and oxygen atoms in total. The Hall–Kier alpha value is 0.120. The average molecular weight is 171 g/mol. The molecule has 0 amide bonds. The van der Waals surface area contributed by atoms with Crippen LogP contribution in [-0.4, -0.2) is 39.7 Å². The van der Waals surface area contributed by atoms with Crippen molar-refractivity contribution in [3.8, 4) is 0 Å². The third-order valence-corrected chi connectivity index (χ3v) is 2.32. The van der Waals surface area contributed by atoms with Crippen LogP contribution in [0.1, 0.15) is 0 Å². The molecule has 0 spiro atoms. The summed E-state index contributed by atoms with van der Waals surface area (Å²) in [6.07, 6.45) is 0. The topological polar surface area (TPSA) is 52.9 Å². The Morgan fingerprint density at radius 3 is 2.10 bits per heavy atom. The van der Waals surface area contributed by atoms with E-state index in [4.69, 9.17) is 13.8 Å². The van der Waals surface area contributed by atoms with Gasteiger partial charge in [0, 0.05) is 24.3 Å². The van der Waals surface area contributed by atoms with E-state index in [9.17, 15) is 3.89 Å². The largest absolute Gasteiger partial charge is 0.379 e. The fraction of sp³-hybridized carbons (Fsp3) is 1.00. The second-order valence-electron chi connectivity index (χ2n) is 1.99. The van der Waals surface area contributed by atoms with Crippen molar-refractivity contribution in [1.82, 2.24) is 4.31 Å². The third-order valence-electron chi connectivity index (χ3n) is 1.30. The van der Waals surface area contributed by atoms with E-state index in [-0.39, 0.29) is 13.1 Å². The van der Waals surface area contributed by atoms with Gasteiger partial charge in [-0.2, -0.15) is 4.31 Å². The molecule has 6 heteroatoms. The van der Waals surface area contributed by atoms with Gasteiger partial charge in [-0.3, -0.25) is 9.11 Å². The summed E-state index contributed by atoms with van der Waals surface area (Å²) >= 11 is -3.97. The molecule has 2 N–H and O–H groups in total. The normalized spacial score (nSPS) is 24.7. The maximum absolute atomic E-state index is 12.3. The monoisotopic (exact) mass is 171 g/mol. The van der Waals surface area contributed by atoms with Gasteiger partial charge in [-0.15, -0.1) is 0 Å².